The molecule has 1 saturated heterocycles. The number of nitrogens with one attached hydrogen (secondary N) is 2. The van der Waals surface area contributed by atoms with Crippen molar-refractivity contribution in [2.45, 2.75) is 51.0 Å². The minimum atomic E-state index is -0.371. The number of aromatic amines is 1. The summed E-state index contributed by atoms with van der Waals surface area (Å²) in [6, 6.07) is 1.60. The molecule has 0 bridgehead atoms. The number of pyridine rings is 1. The molecule has 24 heavy (non-hydrogen) atoms. The second-order valence-electron chi connectivity index (χ2n) is 7.14. The largest absolute Gasteiger partial charge is 0.348 e. The van der Waals surface area contributed by atoms with Crippen LogP contribution in [0.3, 0.4) is 0 Å². The van der Waals surface area contributed by atoms with E-state index in [4.69, 9.17) is 11.6 Å². The highest BCUT2D eigenvalue weighted by atomic mass is 35.5. The van der Waals surface area contributed by atoms with E-state index >= 15 is 0 Å². The molecule has 1 amide bonds. The number of piperidine rings is 1. The molecule has 0 radical (unpaired) electrons. The zero-order chi connectivity index (χ0) is 16.9. The standard InChI is InChI=1S/C18H26ClN3O2/c19-16-9-14(10-20-18(16)24)17(23)21-15-7-4-8-22(12-15)11-13-5-2-1-3-6-13/h9-10,13,15H,1-8,11-12H2,(H,20,24)(H,21,23). The first kappa shape index (κ1) is 17.5. The SMILES string of the molecule is O=C(NC1CCCN(CC2CCCCC2)C1)c1c[nH]c(=O)c(Cl)c1. The number of hydrogen-bond acceptors (Lipinski definition) is 3. The Balaban J connectivity index is 1.53. The van der Waals surface area contributed by atoms with Crippen LogP contribution in [0.15, 0.2) is 17.1 Å². The number of rotatable bonds is 4. The summed E-state index contributed by atoms with van der Waals surface area (Å²) in [5.74, 6) is 0.656. The first-order valence-electron chi connectivity index (χ1n) is 9.03. The van der Waals surface area contributed by atoms with Crippen molar-refractivity contribution in [3.05, 3.63) is 33.2 Å². The normalized spacial score (nSPS) is 23.1. The predicted molar refractivity (Wildman–Crippen MR) is 95.6 cm³/mol. The van der Waals surface area contributed by atoms with Gasteiger partial charge in [0, 0.05) is 25.3 Å². The third-order valence-electron chi connectivity index (χ3n) is 5.20. The summed E-state index contributed by atoms with van der Waals surface area (Å²) < 4.78 is 0. The van der Waals surface area contributed by atoms with Crippen LogP contribution in [0.4, 0.5) is 0 Å². The minimum absolute atomic E-state index is 0.0465. The van der Waals surface area contributed by atoms with E-state index in [0.717, 1.165) is 38.4 Å². The van der Waals surface area contributed by atoms with Crippen molar-refractivity contribution in [2.75, 3.05) is 19.6 Å². The number of carbonyl (C=O) groups excluding carboxylic acids is 1. The summed E-state index contributed by atoms with van der Waals surface area (Å²) >= 11 is 5.80. The van der Waals surface area contributed by atoms with E-state index in [0.29, 0.717) is 5.56 Å². The molecule has 2 N–H and O–H groups in total. The molecule has 3 rings (SSSR count). The van der Waals surface area contributed by atoms with Crippen LogP contribution in [-0.2, 0) is 0 Å². The van der Waals surface area contributed by atoms with Crippen molar-refractivity contribution < 1.29 is 4.79 Å². The van der Waals surface area contributed by atoms with Crippen LogP contribution in [0.5, 0.6) is 0 Å². The second kappa shape index (κ2) is 8.17. The lowest BCUT2D eigenvalue weighted by atomic mass is 9.88. The topological polar surface area (TPSA) is 65.2 Å². The Labute approximate surface area is 147 Å². The van der Waals surface area contributed by atoms with E-state index in [1.165, 1.54) is 44.4 Å². The lowest BCUT2D eigenvalue weighted by Gasteiger charge is -2.36. The van der Waals surface area contributed by atoms with Crippen LogP contribution in [0.2, 0.25) is 5.02 Å². The van der Waals surface area contributed by atoms with E-state index in [1.54, 1.807) is 0 Å². The molecule has 2 aliphatic rings. The average Bonchev–Trinajstić information content (AvgIpc) is 2.58. The summed E-state index contributed by atoms with van der Waals surface area (Å²) in [7, 11) is 0. The van der Waals surface area contributed by atoms with Gasteiger partial charge in [-0.2, -0.15) is 0 Å². The number of likely N-dealkylation sites (tertiary alicyclic amines) is 1. The van der Waals surface area contributed by atoms with Gasteiger partial charge in [-0.3, -0.25) is 9.59 Å². The zero-order valence-corrected chi connectivity index (χ0v) is 14.8. The number of carbonyl (C=O) groups is 1. The quantitative estimate of drug-likeness (QED) is 0.876. The van der Waals surface area contributed by atoms with Crippen LogP contribution < -0.4 is 10.9 Å². The van der Waals surface area contributed by atoms with Crippen molar-refractivity contribution in [1.82, 2.24) is 15.2 Å². The number of H-pyrrole nitrogens is 1. The summed E-state index contributed by atoms with van der Waals surface area (Å²) in [6.45, 7) is 3.21. The Morgan fingerprint density at radius 3 is 2.79 bits per heavy atom. The molecule has 2 fully saturated rings. The minimum Gasteiger partial charge on any atom is -0.348 e. The Kier molecular flexibility index (Phi) is 5.95. The smallest absolute Gasteiger partial charge is 0.266 e. The van der Waals surface area contributed by atoms with Gasteiger partial charge in [-0.05, 0) is 44.2 Å². The Hall–Kier alpha value is -1.33. The third-order valence-corrected chi connectivity index (χ3v) is 5.48. The molecule has 1 aromatic heterocycles. The molecule has 0 aromatic carbocycles. The zero-order valence-electron chi connectivity index (χ0n) is 14.0. The molecule has 1 unspecified atom stereocenters. The summed E-state index contributed by atoms with van der Waals surface area (Å²) in [4.78, 5) is 28.6. The first-order chi connectivity index (χ1) is 11.6. The van der Waals surface area contributed by atoms with E-state index in [2.05, 4.69) is 15.2 Å². The molecule has 1 aliphatic carbocycles. The number of nitrogens with zero attached hydrogens (tertiary/aromatic N) is 1. The van der Waals surface area contributed by atoms with Gasteiger partial charge in [0.1, 0.15) is 5.02 Å². The van der Waals surface area contributed by atoms with E-state index in [9.17, 15) is 9.59 Å². The number of hydrogen-bond donors (Lipinski definition) is 2. The van der Waals surface area contributed by atoms with E-state index in [-0.39, 0.29) is 22.5 Å². The fraction of sp³-hybridized carbons (Fsp3) is 0.667. The molecule has 5 nitrogen and oxygen atoms in total. The van der Waals surface area contributed by atoms with Crippen LogP contribution >= 0.6 is 11.6 Å². The molecule has 132 valence electrons. The predicted octanol–water partition coefficient (Wildman–Crippen LogP) is 2.80. The fourth-order valence-electron chi connectivity index (χ4n) is 3.93. The van der Waals surface area contributed by atoms with Gasteiger partial charge in [0.25, 0.3) is 11.5 Å². The maximum absolute atomic E-state index is 12.4. The van der Waals surface area contributed by atoms with E-state index in [1.807, 2.05) is 0 Å². The van der Waals surface area contributed by atoms with Crippen molar-refractivity contribution in [2.24, 2.45) is 5.92 Å². The highest BCUT2D eigenvalue weighted by molar-refractivity contribution is 6.30. The molecule has 1 aromatic rings. The number of aromatic nitrogens is 1. The highest BCUT2D eigenvalue weighted by Gasteiger charge is 2.24. The molecular formula is C18H26ClN3O2. The van der Waals surface area contributed by atoms with Gasteiger partial charge in [0.15, 0.2) is 0 Å². The molecule has 1 atom stereocenters. The van der Waals surface area contributed by atoms with Gasteiger partial charge in [-0.25, -0.2) is 0 Å². The fourth-order valence-corrected chi connectivity index (χ4v) is 4.10. The van der Waals surface area contributed by atoms with Crippen molar-refractivity contribution >= 4 is 17.5 Å². The van der Waals surface area contributed by atoms with Crippen LogP contribution in [-0.4, -0.2) is 41.5 Å². The summed E-state index contributed by atoms with van der Waals surface area (Å²) in [6.07, 6.45) is 10.4. The maximum Gasteiger partial charge on any atom is 0.266 e. The monoisotopic (exact) mass is 351 g/mol. The molecule has 6 heteroatoms. The van der Waals surface area contributed by atoms with Gasteiger partial charge in [0.05, 0.1) is 5.56 Å². The molecule has 0 spiro atoms. The summed E-state index contributed by atoms with van der Waals surface area (Å²) in [5.41, 5.74) is 0.0357. The molecular weight excluding hydrogens is 326 g/mol. The van der Waals surface area contributed by atoms with Gasteiger partial charge in [-0.1, -0.05) is 30.9 Å². The highest BCUT2D eigenvalue weighted by Crippen LogP contribution is 2.25. The third kappa shape index (κ3) is 4.61. The number of amides is 1. The maximum atomic E-state index is 12.4. The Morgan fingerprint density at radius 1 is 1.25 bits per heavy atom. The molecule has 2 heterocycles. The van der Waals surface area contributed by atoms with Crippen LogP contribution in [0, 0.1) is 5.92 Å². The van der Waals surface area contributed by atoms with Gasteiger partial charge >= 0.3 is 0 Å². The van der Waals surface area contributed by atoms with Crippen LogP contribution in [0.1, 0.15) is 55.3 Å². The second-order valence-corrected chi connectivity index (χ2v) is 7.55. The van der Waals surface area contributed by atoms with Gasteiger partial charge < -0.3 is 15.2 Å². The molecule has 1 saturated carbocycles. The lowest BCUT2D eigenvalue weighted by molar-refractivity contribution is 0.0889. The van der Waals surface area contributed by atoms with Crippen molar-refractivity contribution in [1.29, 1.82) is 0 Å². The van der Waals surface area contributed by atoms with Gasteiger partial charge in [-0.15, -0.1) is 0 Å². The van der Waals surface area contributed by atoms with Crippen molar-refractivity contribution in [3.63, 3.8) is 0 Å². The lowest BCUT2D eigenvalue weighted by Crippen LogP contribution is -2.49. The van der Waals surface area contributed by atoms with E-state index < -0.39 is 0 Å². The number of halogens is 1. The van der Waals surface area contributed by atoms with Crippen LogP contribution in [0.25, 0.3) is 0 Å². The first-order valence-corrected chi connectivity index (χ1v) is 9.41. The van der Waals surface area contributed by atoms with Gasteiger partial charge in [0.2, 0.25) is 0 Å². The Morgan fingerprint density at radius 2 is 2.04 bits per heavy atom. The summed E-state index contributed by atoms with van der Waals surface area (Å²) in [5, 5.41) is 3.13. The molecule has 1 aliphatic heterocycles. The van der Waals surface area contributed by atoms with Crippen molar-refractivity contribution in [3.8, 4) is 0 Å². The Bertz CT molecular complexity index is 625. The average molecular weight is 352 g/mol.